The molecule has 1 heterocycles. The molecule has 2 atom stereocenters. The third-order valence-electron chi connectivity index (χ3n) is 4.09. The van der Waals surface area contributed by atoms with E-state index in [1.54, 1.807) is 0 Å². The minimum absolute atomic E-state index is 0.131. The predicted molar refractivity (Wildman–Crippen MR) is 66.2 cm³/mol. The van der Waals surface area contributed by atoms with Gasteiger partial charge in [-0.25, -0.2) is 0 Å². The molecule has 0 aromatic rings. The van der Waals surface area contributed by atoms with Crippen molar-refractivity contribution in [2.24, 2.45) is 11.7 Å². The van der Waals surface area contributed by atoms with Gasteiger partial charge in [-0.15, -0.1) is 0 Å². The van der Waals surface area contributed by atoms with E-state index >= 15 is 0 Å². The molecular formula is C13H26N2O. The summed E-state index contributed by atoms with van der Waals surface area (Å²) in [7, 11) is 0. The first-order valence-electron chi connectivity index (χ1n) is 6.90. The van der Waals surface area contributed by atoms with Crippen LogP contribution in [0, 0.1) is 5.92 Å². The lowest BCUT2D eigenvalue weighted by Gasteiger charge is -2.32. The summed E-state index contributed by atoms with van der Waals surface area (Å²) in [5.41, 5.74) is 5.94. The number of hydrogen-bond acceptors (Lipinski definition) is 3. The third-order valence-corrected chi connectivity index (χ3v) is 4.09. The average Bonchev–Trinajstić information content (AvgIpc) is 2.70. The van der Waals surface area contributed by atoms with E-state index in [9.17, 15) is 5.11 Å². The van der Waals surface area contributed by atoms with Crippen molar-refractivity contribution in [3.63, 3.8) is 0 Å². The summed E-state index contributed by atoms with van der Waals surface area (Å²) in [5, 5.41) is 10.1. The van der Waals surface area contributed by atoms with Crippen LogP contribution in [0.25, 0.3) is 0 Å². The smallest absolute Gasteiger partial charge is 0.0669 e. The van der Waals surface area contributed by atoms with Crippen LogP contribution in [-0.2, 0) is 0 Å². The van der Waals surface area contributed by atoms with Gasteiger partial charge in [-0.05, 0) is 31.7 Å². The molecule has 0 aromatic carbocycles. The van der Waals surface area contributed by atoms with E-state index in [0.29, 0.717) is 6.04 Å². The van der Waals surface area contributed by atoms with Crippen LogP contribution in [0.1, 0.15) is 44.9 Å². The van der Waals surface area contributed by atoms with Gasteiger partial charge in [0.1, 0.15) is 0 Å². The summed E-state index contributed by atoms with van der Waals surface area (Å²) in [6.45, 7) is 2.93. The van der Waals surface area contributed by atoms with Crippen LogP contribution in [0.4, 0.5) is 0 Å². The number of rotatable bonds is 4. The van der Waals surface area contributed by atoms with E-state index in [1.165, 1.54) is 32.1 Å². The van der Waals surface area contributed by atoms with Crippen LogP contribution in [0.15, 0.2) is 0 Å². The summed E-state index contributed by atoms with van der Waals surface area (Å²) in [5.74, 6) is 0.786. The van der Waals surface area contributed by atoms with E-state index in [-0.39, 0.29) is 6.10 Å². The van der Waals surface area contributed by atoms with E-state index < -0.39 is 0 Å². The molecule has 2 rings (SSSR count). The van der Waals surface area contributed by atoms with Crippen LogP contribution < -0.4 is 5.73 Å². The highest BCUT2D eigenvalue weighted by Crippen LogP contribution is 2.28. The van der Waals surface area contributed by atoms with E-state index in [0.717, 1.165) is 38.4 Å². The molecule has 94 valence electrons. The Morgan fingerprint density at radius 2 is 1.94 bits per heavy atom. The fraction of sp³-hybridized carbons (Fsp3) is 1.00. The maximum Gasteiger partial charge on any atom is 0.0669 e. The molecule has 0 radical (unpaired) electrons. The zero-order chi connectivity index (χ0) is 11.4. The van der Waals surface area contributed by atoms with Crippen molar-refractivity contribution in [2.75, 3.05) is 19.6 Å². The van der Waals surface area contributed by atoms with Gasteiger partial charge in [-0.1, -0.05) is 25.7 Å². The minimum atomic E-state index is -0.131. The van der Waals surface area contributed by atoms with Crippen molar-refractivity contribution in [3.8, 4) is 0 Å². The first-order chi connectivity index (χ1) is 7.74. The van der Waals surface area contributed by atoms with E-state index in [4.69, 9.17) is 5.73 Å². The van der Waals surface area contributed by atoms with Gasteiger partial charge in [0.2, 0.25) is 0 Å². The van der Waals surface area contributed by atoms with Gasteiger partial charge in [0.15, 0.2) is 0 Å². The van der Waals surface area contributed by atoms with Crippen molar-refractivity contribution in [3.05, 3.63) is 0 Å². The number of piperidine rings is 1. The maximum atomic E-state index is 10.1. The molecular weight excluding hydrogens is 200 g/mol. The third kappa shape index (κ3) is 3.72. The number of aliphatic hydroxyl groups excluding tert-OH is 1. The van der Waals surface area contributed by atoms with Gasteiger partial charge in [0, 0.05) is 19.1 Å². The zero-order valence-electron chi connectivity index (χ0n) is 10.3. The highest BCUT2D eigenvalue weighted by atomic mass is 16.3. The van der Waals surface area contributed by atoms with Crippen molar-refractivity contribution >= 4 is 0 Å². The van der Waals surface area contributed by atoms with Crippen molar-refractivity contribution in [1.82, 2.24) is 4.90 Å². The number of nitrogens with two attached hydrogens (primary N) is 1. The van der Waals surface area contributed by atoms with E-state index in [1.807, 2.05) is 0 Å². The van der Waals surface area contributed by atoms with Crippen LogP contribution in [0.5, 0.6) is 0 Å². The van der Waals surface area contributed by atoms with Gasteiger partial charge < -0.3 is 10.8 Å². The SMILES string of the molecule is NC1CCCN(CC(O)CC2CCCC2)C1. The minimum Gasteiger partial charge on any atom is -0.392 e. The van der Waals surface area contributed by atoms with Crippen LogP contribution in [0.2, 0.25) is 0 Å². The molecule has 1 aliphatic heterocycles. The van der Waals surface area contributed by atoms with Crippen LogP contribution in [-0.4, -0.2) is 41.8 Å². The second kappa shape index (κ2) is 5.99. The van der Waals surface area contributed by atoms with Gasteiger partial charge in [0.25, 0.3) is 0 Å². The van der Waals surface area contributed by atoms with Crippen LogP contribution in [0.3, 0.4) is 0 Å². The Balaban J connectivity index is 1.67. The zero-order valence-corrected chi connectivity index (χ0v) is 10.3. The second-order valence-corrected chi connectivity index (χ2v) is 5.70. The van der Waals surface area contributed by atoms with Gasteiger partial charge in [0.05, 0.1) is 6.10 Å². The largest absolute Gasteiger partial charge is 0.392 e. The first-order valence-corrected chi connectivity index (χ1v) is 6.90. The molecule has 1 saturated heterocycles. The molecule has 1 saturated carbocycles. The van der Waals surface area contributed by atoms with Gasteiger partial charge >= 0.3 is 0 Å². The number of aliphatic hydroxyl groups is 1. The molecule has 0 bridgehead atoms. The monoisotopic (exact) mass is 226 g/mol. The molecule has 3 nitrogen and oxygen atoms in total. The number of hydrogen-bond donors (Lipinski definition) is 2. The molecule has 2 unspecified atom stereocenters. The van der Waals surface area contributed by atoms with E-state index in [2.05, 4.69) is 4.90 Å². The predicted octanol–water partition coefficient (Wildman–Crippen LogP) is 1.35. The van der Waals surface area contributed by atoms with Crippen molar-refractivity contribution in [2.45, 2.75) is 57.1 Å². The Hall–Kier alpha value is -0.120. The van der Waals surface area contributed by atoms with Crippen LogP contribution >= 0.6 is 0 Å². The highest BCUT2D eigenvalue weighted by Gasteiger charge is 2.22. The first kappa shape index (κ1) is 12.3. The number of likely N-dealkylation sites (tertiary alicyclic amines) is 1. The average molecular weight is 226 g/mol. The summed E-state index contributed by atoms with van der Waals surface area (Å²) in [4.78, 5) is 2.34. The topological polar surface area (TPSA) is 49.5 Å². The molecule has 0 aromatic heterocycles. The second-order valence-electron chi connectivity index (χ2n) is 5.70. The molecule has 0 amide bonds. The Labute approximate surface area is 99.0 Å². The Kier molecular flexibility index (Phi) is 4.62. The Bertz CT molecular complexity index is 204. The fourth-order valence-corrected chi connectivity index (χ4v) is 3.26. The number of nitrogens with zero attached hydrogens (tertiary/aromatic N) is 1. The van der Waals surface area contributed by atoms with Crippen molar-refractivity contribution in [1.29, 1.82) is 0 Å². The maximum absolute atomic E-state index is 10.1. The summed E-state index contributed by atoms with van der Waals surface area (Å²) in [6.07, 6.45) is 8.61. The summed E-state index contributed by atoms with van der Waals surface area (Å²) in [6, 6.07) is 0.326. The Morgan fingerprint density at radius 3 is 2.62 bits per heavy atom. The lowest BCUT2D eigenvalue weighted by atomic mass is 9.99. The molecule has 3 heteroatoms. The number of β-amino-alcohol motifs (C(OH)–C–C–N with tert-alkyl or cyclic N) is 1. The summed E-state index contributed by atoms with van der Waals surface area (Å²) >= 11 is 0. The Morgan fingerprint density at radius 1 is 1.19 bits per heavy atom. The molecule has 2 aliphatic rings. The van der Waals surface area contributed by atoms with Gasteiger partial charge in [-0.3, -0.25) is 4.90 Å². The molecule has 3 N–H and O–H groups in total. The normalized spacial score (nSPS) is 30.8. The standard InChI is InChI=1S/C13H26N2O/c14-12-6-3-7-15(9-12)10-13(16)8-11-4-1-2-5-11/h11-13,16H,1-10,14H2. The lowest BCUT2D eigenvalue weighted by Crippen LogP contribution is -2.45. The lowest BCUT2D eigenvalue weighted by molar-refractivity contribution is 0.0783. The summed E-state index contributed by atoms with van der Waals surface area (Å²) < 4.78 is 0. The fourth-order valence-electron chi connectivity index (χ4n) is 3.26. The molecule has 16 heavy (non-hydrogen) atoms. The molecule has 2 fully saturated rings. The van der Waals surface area contributed by atoms with Gasteiger partial charge in [-0.2, -0.15) is 0 Å². The molecule has 0 spiro atoms. The quantitative estimate of drug-likeness (QED) is 0.761. The van der Waals surface area contributed by atoms with Crippen molar-refractivity contribution < 1.29 is 5.11 Å². The molecule has 1 aliphatic carbocycles. The highest BCUT2D eigenvalue weighted by molar-refractivity contribution is 4.78.